The first-order valence-electron chi connectivity index (χ1n) is 5.54. The lowest BCUT2D eigenvalue weighted by Crippen LogP contribution is -1.85. The Bertz CT molecular complexity index is 429. The van der Waals surface area contributed by atoms with Crippen LogP contribution in [-0.2, 0) is 0 Å². The summed E-state index contributed by atoms with van der Waals surface area (Å²) < 4.78 is 1.36. The number of aryl methyl sites for hydroxylation is 1. The number of hydrogen-bond acceptors (Lipinski definition) is 2. The summed E-state index contributed by atoms with van der Waals surface area (Å²) in [6.07, 6.45) is 0. The van der Waals surface area contributed by atoms with Crippen LogP contribution in [0.2, 0.25) is 0 Å². The number of aromatic nitrogens is 1. The topological polar surface area (TPSA) is 12.9 Å². The molecule has 82 valence electrons. The molecule has 0 aliphatic carbocycles. The van der Waals surface area contributed by atoms with Crippen LogP contribution < -0.4 is 0 Å². The van der Waals surface area contributed by atoms with Crippen molar-refractivity contribution in [1.29, 1.82) is 0 Å². The van der Waals surface area contributed by atoms with Crippen molar-refractivity contribution in [2.45, 2.75) is 40.5 Å². The van der Waals surface area contributed by atoms with E-state index in [-0.39, 0.29) is 0 Å². The quantitative estimate of drug-likeness (QED) is 0.677. The van der Waals surface area contributed by atoms with Gasteiger partial charge in [-0.05, 0) is 24.5 Å². The molecule has 0 atom stereocenters. The molecule has 0 spiro atoms. The first kappa shape index (κ1) is 12.2. The minimum absolute atomic E-state index is 0.587. The Kier molecular flexibility index (Phi) is 4.28. The first-order chi connectivity index (χ1) is 7.18. The van der Waals surface area contributed by atoms with Gasteiger partial charge in [-0.25, -0.2) is 4.98 Å². The smallest absolute Gasteiger partial charge is 0.0907 e. The second-order valence-electron chi connectivity index (χ2n) is 3.58. The van der Waals surface area contributed by atoms with E-state index in [0.29, 0.717) is 5.92 Å². The largest absolute Gasteiger partial charge is 0.242 e. The molecular formula is C13H19NS. The van der Waals surface area contributed by atoms with Crippen LogP contribution in [0.4, 0.5) is 0 Å². The third-order valence-corrected chi connectivity index (χ3v) is 3.21. The summed E-state index contributed by atoms with van der Waals surface area (Å²) in [7, 11) is 0. The third kappa shape index (κ3) is 2.57. The van der Waals surface area contributed by atoms with Crippen molar-refractivity contribution in [2.24, 2.45) is 0 Å². The van der Waals surface area contributed by atoms with Gasteiger partial charge in [-0.3, -0.25) is 0 Å². The molecule has 2 aromatic rings. The average molecular weight is 221 g/mol. The van der Waals surface area contributed by atoms with E-state index in [4.69, 9.17) is 0 Å². The Morgan fingerprint density at radius 2 is 1.87 bits per heavy atom. The summed E-state index contributed by atoms with van der Waals surface area (Å²) in [5, 5.41) is 1.16. The zero-order valence-electron chi connectivity index (χ0n) is 10.2. The molecule has 0 fully saturated rings. The second kappa shape index (κ2) is 5.26. The molecular weight excluding hydrogens is 202 g/mol. The maximum atomic E-state index is 4.47. The summed E-state index contributed by atoms with van der Waals surface area (Å²) in [6, 6.07) is 6.38. The molecule has 0 N–H and O–H groups in total. The van der Waals surface area contributed by atoms with Crippen LogP contribution in [0.25, 0.3) is 10.2 Å². The van der Waals surface area contributed by atoms with Crippen LogP contribution >= 0.6 is 11.3 Å². The van der Waals surface area contributed by atoms with Gasteiger partial charge in [0.1, 0.15) is 0 Å². The van der Waals surface area contributed by atoms with Crippen LogP contribution in [0.3, 0.4) is 0 Å². The molecule has 1 aromatic heterocycles. The standard InChI is InChI=1S/C11H13NS.C2H6/c1-7(2)9-5-4-6-10-11(9)13-8(3)12-10;1-2/h4-7H,1-3H3;1-2H3. The molecule has 1 heterocycles. The number of nitrogens with zero attached hydrogens (tertiary/aromatic N) is 1. The number of rotatable bonds is 1. The molecule has 0 amide bonds. The summed E-state index contributed by atoms with van der Waals surface area (Å²) in [4.78, 5) is 4.47. The van der Waals surface area contributed by atoms with E-state index in [0.717, 1.165) is 10.5 Å². The third-order valence-electron chi connectivity index (χ3n) is 2.17. The molecule has 2 heteroatoms. The van der Waals surface area contributed by atoms with Gasteiger partial charge in [-0.1, -0.05) is 39.8 Å². The summed E-state index contributed by atoms with van der Waals surface area (Å²) in [6.45, 7) is 10.5. The van der Waals surface area contributed by atoms with Gasteiger partial charge in [0, 0.05) is 0 Å². The van der Waals surface area contributed by atoms with E-state index in [1.165, 1.54) is 10.3 Å². The molecule has 2 rings (SSSR count). The van der Waals surface area contributed by atoms with Crippen molar-refractivity contribution < 1.29 is 0 Å². The minimum Gasteiger partial charge on any atom is -0.242 e. The van der Waals surface area contributed by atoms with E-state index in [2.05, 4.69) is 44.0 Å². The lowest BCUT2D eigenvalue weighted by Gasteiger charge is -2.04. The summed E-state index contributed by atoms with van der Waals surface area (Å²) >= 11 is 1.80. The van der Waals surface area contributed by atoms with Crippen molar-refractivity contribution in [1.82, 2.24) is 4.98 Å². The van der Waals surface area contributed by atoms with E-state index >= 15 is 0 Å². The highest BCUT2D eigenvalue weighted by molar-refractivity contribution is 7.18. The van der Waals surface area contributed by atoms with Crippen molar-refractivity contribution in [2.75, 3.05) is 0 Å². The molecule has 1 nitrogen and oxygen atoms in total. The van der Waals surface area contributed by atoms with Gasteiger partial charge >= 0.3 is 0 Å². The Labute approximate surface area is 96.2 Å². The van der Waals surface area contributed by atoms with Crippen molar-refractivity contribution in [3.8, 4) is 0 Å². The van der Waals surface area contributed by atoms with Crippen LogP contribution in [0.1, 0.15) is 44.2 Å². The first-order valence-corrected chi connectivity index (χ1v) is 6.36. The number of benzene rings is 1. The molecule has 0 aliphatic heterocycles. The fourth-order valence-corrected chi connectivity index (χ4v) is 2.62. The predicted octanol–water partition coefficient (Wildman–Crippen LogP) is 4.75. The Balaban J connectivity index is 0.000000531. The summed E-state index contributed by atoms with van der Waals surface area (Å²) in [5.74, 6) is 0.587. The van der Waals surface area contributed by atoms with E-state index in [1.54, 1.807) is 11.3 Å². The maximum Gasteiger partial charge on any atom is 0.0907 e. The second-order valence-corrected chi connectivity index (χ2v) is 4.79. The lowest BCUT2D eigenvalue weighted by atomic mass is 10.0. The van der Waals surface area contributed by atoms with Crippen LogP contribution in [0.5, 0.6) is 0 Å². The van der Waals surface area contributed by atoms with Crippen LogP contribution in [0.15, 0.2) is 18.2 Å². The van der Waals surface area contributed by atoms with E-state index < -0.39 is 0 Å². The Hall–Kier alpha value is -0.890. The summed E-state index contributed by atoms with van der Waals surface area (Å²) in [5.41, 5.74) is 2.57. The molecule has 0 radical (unpaired) electrons. The average Bonchev–Trinajstić information content (AvgIpc) is 2.60. The SMILES string of the molecule is CC.Cc1nc2cccc(C(C)C)c2s1. The van der Waals surface area contributed by atoms with Gasteiger partial charge in [0.25, 0.3) is 0 Å². The van der Waals surface area contributed by atoms with Crippen molar-refractivity contribution >= 4 is 21.6 Å². The van der Waals surface area contributed by atoms with Crippen molar-refractivity contribution in [3.05, 3.63) is 28.8 Å². The molecule has 0 aliphatic rings. The molecule has 1 aromatic carbocycles. The minimum atomic E-state index is 0.587. The lowest BCUT2D eigenvalue weighted by molar-refractivity contribution is 0.878. The highest BCUT2D eigenvalue weighted by Gasteiger charge is 2.07. The molecule has 0 saturated carbocycles. The van der Waals surface area contributed by atoms with Crippen molar-refractivity contribution in [3.63, 3.8) is 0 Å². The molecule has 0 saturated heterocycles. The van der Waals surface area contributed by atoms with Gasteiger partial charge in [-0.2, -0.15) is 0 Å². The number of thiazole rings is 1. The van der Waals surface area contributed by atoms with Gasteiger partial charge in [0.2, 0.25) is 0 Å². The highest BCUT2D eigenvalue weighted by Crippen LogP contribution is 2.29. The van der Waals surface area contributed by atoms with Gasteiger partial charge in [-0.15, -0.1) is 11.3 Å². The normalized spacial score (nSPS) is 10.3. The fourth-order valence-electron chi connectivity index (χ4n) is 1.54. The van der Waals surface area contributed by atoms with Crippen LogP contribution in [-0.4, -0.2) is 4.98 Å². The predicted molar refractivity (Wildman–Crippen MR) is 69.8 cm³/mol. The zero-order chi connectivity index (χ0) is 11.4. The van der Waals surface area contributed by atoms with Gasteiger partial charge in [0.15, 0.2) is 0 Å². The monoisotopic (exact) mass is 221 g/mol. The van der Waals surface area contributed by atoms with Crippen LogP contribution in [0, 0.1) is 6.92 Å². The highest BCUT2D eigenvalue weighted by atomic mass is 32.1. The molecule has 0 unspecified atom stereocenters. The van der Waals surface area contributed by atoms with E-state index in [1.807, 2.05) is 13.8 Å². The van der Waals surface area contributed by atoms with Gasteiger partial charge < -0.3 is 0 Å². The molecule has 15 heavy (non-hydrogen) atoms. The van der Waals surface area contributed by atoms with E-state index in [9.17, 15) is 0 Å². The Morgan fingerprint density at radius 1 is 1.20 bits per heavy atom. The fraction of sp³-hybridized carbons (Fsp3) is 0.462. The number of fused-ring (bicyclic) bond motifs is 1. The Morgan fingerprint density at radius 3 is 2.47 bits per heavy atom. The maximum absolute atomic E-state index is 4.47. The van der Waals surface area contributed by atoms with Gasteiger partial charge in [0.05, 0.1) is 15.2 Å². The number of hydrogen-bond donors (Lipinski definition) is 0. The zero-order valence-corrected chi connectivity index (χ0v) is 11.0. The molecule has 0 bridgehead atoms.